The molecule has 0 bridgehead atoms. The average Bonchev–Trinajstić information content (AvgIpc) is 2.47. The minimum atomic E-state index is -0.842. The van der Waals surface area contributed by atoms with Crippen LogP contribution in [0.15, 0.2) is 53.4 Å². The van der Waals surface area contributed by atoms with Crippen LogP contribution in [0.25, 0.3) is 0 Å². The summed E-state index contributed by atoms with van der Waals surface area (Å²) in [6.45, 7) is 0. The van der Waals surface area contributed by atoms with E-state index in [9.17, 15) is 9.90 Å². The van der Waals surface area contributed by atoms with Gasteiger partial charge in [0.2, 0.25) is 5.91 Å². The van der Waals surface area contributed by atoms with E-state index >= 15 is 0 Å². The summed E-state index contributed by atoms with van der Waals surface area (Å²) in [7, 11) is 0. The molecule has 1 unspecified atom stereocenters. The highest BCUT2D eigenvalue weighted by Gasteiger charge is 2.13. The van der Waals surface area contributed by atoms with Gasteiger partial charge in [0.05, 0.1) is 12.5 Å². The van der Waals surface area contributed by atoms with Crippen LogP contribution in [0.4, 0.5) is 5.69 Å². The molecular formula is C16H16ClNO2S. The molecule has 0 saturated heterocycles. The standard InChI is InChI=1S/C16H16ClNO2S/c1-21-14-4-2-3-13(9-14)18-16(20)10-15(19)11-5-7-12(17)8-6-11/h2-9,15,19H,10H2,1H3,(H,18,20). The van der Waals surface area contributed by atoms with Crippen LogP contribution < -0.4 is 5.32 Å². The molecule has 0 saturated carbocycles. The summed E-state index contributed by atoms with van der Waals surface area (Å²) >= 11 is 7.40. The monoisotopic (exact) mass is 321 g/mol. The van der Waals surface area contributed by atoms with Crippen molar-refractivity contribution in [3.8, 4) is 0 Å². The van der Waals surface area contributed by atoms with Crippen molar-refractivity contribution in [3.05, 3.63) is 59.1 Å². The van der Waals surface area contributed by atoms with Crippen LogP contribution in [-0.4, -0.2) is 17.3 Å². The Morgan fingerprint density at radius 1 is 1.29 bits per heavy atom. The number of carbonyl (C=O) groups excluding carboxylic acids is 1. The summed E-state index contributed by atoms with van der Waals surface area (Å²) in [5.41, 5.74) is 1.41. The number of hydrogen-bond acceptors (Lipinski definition) is 3. The number of aliphatic hydroxyl groups is 1. The molecule has 0 radical (unpaired) electrons. The number of carbonyl (C=O) groups is 1. The summed E-state index contributed by atoms with van der Waals surface area (Å²) in [6, 6.07) is 14.4. The van der Waals surface area contributed by atoms with Gasteiger partial charge in [0.25, 0.3) is 0 Å². The fourth-order valence-electron chi connectivity index (χ4n) is 1.89. The average molecular weight is 322 g/mol. The number of amides is 1. The quantitative estimate of drug-likeness (QED) is 0.814. The molecule has 2 N–H and O–H groups in total. The maximum absolute atomic E-state index is 12.0. The second-order valence-electron chi connectivity index (χ2n) is 4.55. The fourth-order valence-corrected chi connectivity index (χ4v) is 2.48. The maximum Gasteiger partial charge on any atom is 0.227 e. The lowest BCUT2D eigenvalue weighted by Crippen LogP contribution is -2.15. The van der Waals surface area contributed by atoms with E-state index in [1.165, 1.54) is 0 Å². The number of thioether (sulfide) groups is 1. The lowest BCUT2D eigenvalue weighted by atomic mass is 10.1. The van der Waals surface area contributed by atoms with E-state index in [-0.39, 0.29) is 12.3 Å². The number of halogens is 1. The van der Waals surface area contributed by atoms with E-state index in [2.05, 4.69) is 5.32 Å². The smallest absolute Gasteiger partial charge is 0.227 e. The summed E-state index contributed by atoms with van der Waals surface area (Å²) < 4.78 is 0. The van der Waals surface area contributed by atoms with Gasteiger partial charge in [-0.2, -0.15) is 0 Å². The molecule has 2 aromatic carbocycles. The Labute approximate surface area is 133 Å². The molecule has 0 spiro atoms. The van der Waals surface area contributed by atoms with Crippen molar-refractivity contribution in [1.82, 2.24) is 0 Å². The van der Waals surface area contributed by atoms with Crippen molar-refractivity contribution in [3.63, 3.8) is 0 Å². The molecule has 0 aliphatic rings. The number of hydrogen-bond donors (Lipinski definition) is 2. The van der Waals surface area contributed by atoms with Crippen molar-refractivity contribution >= 4 is 35.0 Å². The number of nitrogens with one attached hydrogen (secondary N) is 1. The van der Waals surface area contributed by atoms with Crippen LogP contribution in [0.1, 0.15) is 18.1 Å². The zero-order valence-corrected chi connectivity index (χ0v) is 13.1. The highest BCUT2D eigenvalue weighted by Crippen LogP contribution is 2.22. The first-order chi connectivity index (χ1) is 10.1. The topological polar surface area (TPSA) is 49.3 Å². The minimum absolute atomic E-state index is 0.00509. The molecule has 21 heavy (non-hydrogen) atoms. The Kier molecular flexibility index (Phi) is 5.67. The van der Waals surface area contributed by atoms with Crippen molar-refractivity contribution in [2.45, 2.75) is 17.4 Å². The van der Waals surface area contributed by atoms with Crippen LogP contribution in [0, 0.1) is 0 Å². The Hall–Kier alpha value is -1.49. The lowest BCUT2D eigenvalue weighted by molar-refractivity contribution is -0.118. The summed E-state index contributed by atoms with van der Waals surface area (Å²) in [5.74, 6) is -0.226. The predicted molar refractivity (Wildman–Crippen MR) is 87.9 cm³/mol. The molecule has 2 rings (SSSR count). The van der Waals surface area contributed by atoms with Crippen LogP contribution >= 0.6 is 23.4 Å². The van der Waals surface area contributed by atoms with Gasteiger partial charge in [-0.3, -0.25) is 4.79 Å². The van der Waals surface area contributed by atoms with E-state index in [1.54, 1.807) is 36.0 Å². The van der Waals surface area contributed by atoms with Crippen LogP contribution in [0.2, 0.25) is 5.02 Å². The first-order valence-corrected chi connectivity index (χ1v) is 8.06. The Morgan fingerprint density at radius 3 is 2.67 bits per heavy atom. The molecule has 0 fully saturated rings. The Bertz CT molecular complexity index is 616. The van der Waals surface area contributed by atoms with E-state index in [4.69, 9.17) is 11.6 Å². The molecule has 0 aliphatic heterocycles. The van der Waals surface area contributed by atoms with Crippen LogP contribution in [0.3, 0.4) is 0 Å². The van der Waals surface area contributed by atoms with Gasteiger partial charge >= 0.3 is 0 Å². The van der Waals surface area contributed by atoms with Crippen molar-refractivity contribution in [1.29, 1.82) is 0 Å². The van der Waals surface area contributed by atoms with Crippen molar-refractivity contribution in [2.24, 2.45) is 0 Å². The number of anilines is 1. The fraction of sp³-hybridized carbons (Fsp3) is 0.188. The van der Waals surface area contributed by atoms with Gasteiger partial charge in [-0.1, -0.05) is 29.8 Å². The van der Waals surface area contributed by atoms with Gasteiger partial charge in [-0.25, -0.2) is 0 Å². The predicted octanol–water partition coefficient (Wildman–Crippen LogP) is 4.12. The zero-order valence-electron chi connectivity index (χ0n) is 11.5. The molecule has 5 heteroatoms. The third-order valence-corrected chi connectivity index (χ3v) is 3.96. The normalized spacial score (nSPS) is 12.0. The van der Waals surface area contributed by atoms with E-state index in [0.29, 0.717) is 10.6 Å². The minimum Gasteiger partial charge on any atom is -0.388 e. The largest absolute Gasteiger partial charge is 0.388 e. The molecule has 110 valence electrons. The van der Waals surface area contributed by atoms with E-state index in [0.717, 1.165) is 10.6 Å². The highest BCUT2D eigenvalue weighted by molar-refractivity contribution is 7.98. The molecule has 0 aliphatic carbocycles. The highest BCUT2D eigenvalue weighted by atomic mass is 35.5. The summed E-state index contributed by atoms with van der Waals surface area (Å²) in [6.07, 6.45) is 1.14. The third-order valence-electron chi connectivity index (χ3n) is 2.99. The Balaban J connectivity index is 1.96. The first-order valence-electron chi connectivity index (χ1n) is 6.46. The number of rotatable bonds is 5. The zero-order chi connectivity index (χ0) is 15.2. The second kappa shape index (κ2) is 7.50. The van der Waals surface area contributed by atoms with Crippen molar-refractivity contribution in [2.75, 3.05) is 11.6 Å². The second-order valence-corrected chi connectivity index (χ2v) is 5.87. The molecule has 0 aromatic heterocycles. The summed E-state index contributed by atoms with van der Waals surface area (Å²) in [4.78, 5) is 13.0. The first kappa shape index (κ1) is 15.9. The van der Waals surface area contributed by atoms with Crippen molar-refractivity contribution < 1.29 is 9.90 Å². The van der Waals surface area contributed by atoms with E-state index < -0.39 is 6.10 Å². The molecule has 1 amide bonds. The lowest BCUT2D eigenvalue weighted by Gasteiger charge is -2.12. The Morgan fingerprint density at radius 2 is 2.00 bits per heavy atom. The SMILES string of the molecule is CSc1cccc(NC(=O)CC(O)c2ccc(Cl)cc2)c1. The molecule has 0 heterocycles. The van der Waals surface area contributed by atoms with Gasteiger partial charge in [-0.05, 0) is 42.2 Å². The van der Waals surface area contributed by atoms with Gasteiger partial charge in [0.1, 0.15) is 0 Å². The van der Waals surface area contributed by atoms with Crippen LogP contribution in [-0.2, 0) is 4.79 Å². The molecular weight excluding hydrogens is 306 g/mol. The van der Waals surface area contributed by atoms with E-state index in [1.807, 2.05) is 30.5 Å². The van der Waals surface area contributed by atoms with Gasteiger partial charge < -0.3 is 10.4 Å². The van der Waals surface area contributed by atoms with Crippen LogP contribution in [0.5, 0.6) is 0 Å². The maximum atomic E-state index is 12.0. The molecule has 3 nitrogen and oxygen atoms in total. The van der Waals surface area contributed by atoms with Gasteiger partial charge in [0, 0.05) is 15.6 Å². The van der Waals surface area contributed by atoms with Gasteiger partial charge in [-0.15, -0.1) is 11.8 Å². The van der Waals surface area contributed by atoms with Gasteiger partial charge in [0.15, 0.2) is 0 Å². The number of benzene rings is 2. The molecule has 2 aromatic rings. The summed E-state index contributed by atoms with van der Waals surface area (Å²) in [5, 5.41) is 13.4. The molecule has 1 atom stereocenters. The number of aliphatic hydroxyl groups excluding tert-OH is 1. The third kappa shape index (κ3) is 4.77.